The second-order valence-corrected chi connectivity index (χ2v) is 8.50. The summed E-state index contributed by atoms with van der Waals surface area (Å²) in [6.07, 6.45) is 0. The number of aryl methyl sites for hydroxylation is 2. The van der Waals surface area contributed by atoms with Crippen LogP contribution in [0, 0.1) is 24.0 Å². The fourth-order valence-corrected chi connectivity index (χ4v) is 3.81. The summed E-state index contributed by atoms with van der Waals surface area (Å²) in [5.74, 6) is 0.0415. The van der Waals surface area contributed by atoms with Crippen molar-refractivity contribution in [3.63, 3.8) is 0 Å². The van der Waals surface area contributed by atoms with Crippen molar-refractivity contribution in [1.29, 1.82) is 0 Å². The van der Waals surface area contributed by atoms with Crippen molar-refractivity contribution in [3.05, 3.63) is 75.1 Å². The van der Waals surface area contributed by atoms with Gasteiger partial charge in [0.2, 0.25) is 5.91 Å². The Morgan fingerprint density at radius 1 is 1.15 bits per heavy atom. The van der Waals surface area contributed by atoms with Gasteiger partial charge in [0, 0.05) is 29.9 Å². The minimum absolute atomic E-state index is 0.0394. The molecule has 1 heterocycles. The van der Waals surface area contributed by atoms with E-state index in [9.17, 15) is 19.7 Å². The zero-order chi connectivity index (χ0) is 24.1. The van der Waals surface area contributed by atoms with Crippen LogP contribution in [0.3, 0.4) is 0 Å². The highest BCUT2D eigenvalue weighted by Gasteiger charge is 2.19. The normalized spacial score (nSPS) is 11.6. The highest BCUT2D eigenvalue weighted by molar-refractivity contribution is 7.99. The first-order valence-corrected chi connectivity index (χ1v) is 11.1. The SMILES string of the molecule is Cc1ccc(C(=O)N[C@H](C)c2nnc(SCC(=O)Nc3ccc(C)c([N+](=O)[O-])c3)n2C)cc1. The Labute approximate surface area is 194 Å². The molecule has 0 aliphatic heterocycles. The molecule has 1 atom stereocenters. The Morgan fingerprint density at radius 3 is 2.52 bits per heavy atom. The predicted molar refractivity (Wildman–Crippen MR) is 125 cm³/mol. The van der Waals surface area contributed by atoms with Gasteiger partial charge in [-0.15, -0.1) is 10.2 Å². The van der Waals surface area contributed by atoms with Gasteiger partial charge in [-0.1, -0.05) is 35.5 Å². The molecule has 33 heavy (non-hydrogen) atoms. The summed E-state index contributed by atoms with van der Waals surface area (Å²) < 4.78 is 1.72. The van der Waals surface area contributed by atoms with Crippen molar-refractivity contribution in [3.8, 4) is 0 Å². The molecule has 0 aliphatic rings. The second kappa shape index (κ2) is 10.3. The maximum absolute atomic E-state index is 12.5. The molecule has 0 radical (unpaired) electrons. The number of aromatic nitrogens is 3. The van der Waals surface area contributed by atoms with Gasteiger partial charge in [0.25, 0.3) is 11.6 Å². The number of nitro groups is 1. The smallest absolute Gasteiger partial charge is 0.274 e. The lowest BCUT2D eigenvalue weighted by atomic mass is 10.1. The topological polar surface area (TPSA) is 132 Å². The van der Waals surface area contributed by atoms with E-state index in [2.05, 4.69) is 20.8 Å². The average Bonchev–Trinajstić information content (AvgIpc) is 3.14. The van der Waals surface area contributed by atoms with E-state index in [1.807, 2.05) is 26.0 Å². The maximum Gasteiger partial charge on any atom is 0.274 e. The number of nitrogens with zero attached hydrogens (tertiary/aromatic N) is 4. The molecule has 172 valence electrons. The fraction of sp³-hybridized carbons (Fsp3) is 0.273. The standard InChI is InChI=1S/C22H24N6O4S/c1-13-5-8-16(9-6-13)21(30)23-15(3)20-25-26-22(27(20)4)33-12-19(29)24-17-10-7-14(2)18(11-17)28(31)32/h5-11,15H,12H2,1-4H3,(H,23,30)(H,24,29)/t15-/m1/s1. The first kappa shape index (κ1) is 23.9. The predicted octanol–water partition coefficient (Wildman–Crippen LogP) is 3.56. The number of benzene rings is 2. The first-order valence-electron chi connectivity index (χ1n) is 10.1. The van der Waals surface area contributed by atoms with E-state index < -0.39 is 11.0 Å². The second-order valence-electron chi connectivity index (χ2n) is 7.56. The molecular formula is C22H24N6O4S. The molecule has 11 heteroatoms. The van der Waals surface area contributed by atoms with Gasteiger partial charge < -0.3 is 15.2 Å². The molecule has 2 aromatic carbocycles. The Morgan fingerprint density at radius 2 is 1.85 bits per heavy atom. The van der Waals surface area contributed by atoms with Crippen LogP contribution < -0.4 is 10.6 Å². The van der Waals surface area contributed by atoms with Crippen molar-refractivity contribution in [2.75, 3.05) is 11.1 Å². The Bertz CT molecular complexity index is 1190. The van der Waals surface area contributed by atoms with Gasteiger partial charge in [-0.3, -0.25) is 19.7 Å². The molecular weight excluding hydrogens is 444 g/mol. The highest BCUT2D eigenvalue weighted by Crippen LogP contribution is 2.23. The summed E-state index contributed by atoms with van der Waals surface area (Å²) in [5.41, 5.74) is 2.43. The summed E-state index contributed by atoms with van der Waals surface area (Å²) in [6.45, 7) is 5.39. The zero-order valence-corrected chi connectivity index (χ0v) is 19.5. The number of anilines is 1. The number of thioether (sulfide) groups is 1. The summed E-state index contributed by atoms with van der Waals surface area (Å²) >= 11 is 1.17. The quantitative estimate of drug-likeness (QED) is 0.293. The van der Waals surface area contributed by atoms with Crippen LogP contribution >= 0.6 is 11.8 Å². The van der Waals surface area contributed by atoms with Gasteiger partial charge in [0.1, 0.15) is 0 Å². The Hall–Kier alpha value is -3.73. The van der Waals surface area contributed by atoms with Crippen LogP contribution in [0.25, 0.3) is 0 Å². The summed E-state index contributed by atoms with van der Waals surface area (Å²) in [6, 6.07) is 11.4. The molecule has 0 aliphatic carbocycles. The number of nitro benzene ring substituents is 1. The molecule has 2 amide bonds. The third-order valence-corrected chi connectivity index (χ3v) is 5.96. The van der Waals surface area contributed by atoms with Gasteiger partial charge in [-0.2, -0.15) is 0 Å². The first-order chi connectivity index (χ1) is 15.7. The van der Waals surface area contributed by atoms with Crippen LogP contribution in [0.5, 0.6) is 0 Å². The van der Waals surface area contributed by atoms with Gasteiger partial charge in [0.15, 0.2) is 11.0 Å². The molecule has 1 aromatic heterocycles. The monoisotopic (exact) mass is 468 g/mol. The lowest BCUT2D eigenvalue weighted by Gasteiger charge is -2.13. The van der Waals surface area contributed by atoms with Gasteiger partial charge >= 0.3 is 0 Å². The van der Waals surface area contributed by atoms with Crippen molar-refractivity contribution in [1.82, 2.24) is 20.1 Å². The van der Waals surface area contributed by atoms with Crippen molar-refractivity contribution in [2.24, 2.45) is 7.05 Å². The molecule has 2 N–H and O–H groups in total. The molecule has 3 aromatic rings. The zero-order valence-electron chi connectivity index (χ0n) is 18.7. The number of rotatable bonds is 8. The van der Waals surface area contributed by atoms with E-state index in [1.165, 1.54) is 17.8 Å². The number of nitrogens with one attached hydrogen (secondary N) is 2. The number of amides is 2. The third kappa shape index (κ3) is 5.95. The van der Waals surface area contributed by atoms with Gasteiger partial charge in [-0.25, -0.2) is 0 Å². The highest BCUT2D eigenvalue weighted by atomic mass is 32.2. The van der Waals surface area contributed by atoms with Crippen LogP contribution in [0.1, 0.15) is 40.3 Å². The molecule has 0 unspecified atom stereocenters. The molecule has 0 fully saturated rings. The van der Waals surface area contributed by atoms with Crippen molar-refractivity contribution < 1.29 is 14.5 Å². The summed E-state index contributed by atoms with van der Waals surface area (Å²) in [5, 5.41) is 25.4. The number of carbonyl (C=O) groups is 2. The molecule has 3 rings (SSSR count). The van der Waals surface area contributed by atoms with Gasteiger partial charge in [0.05, 0.1) is 16.7 Å². The van der Waals surface area contributed by atoms with Crippen LogP contribution in [0.4, 0.5) is 11.4 Å². The molecule has 0 bridgehead atoms. The molecule has 0 saturated carbocycles. The fourth-order valence-electron chi connectivity index (χ4n) is 3.09. The van der Waals surface area contributed by atoms with Crippen LogP contribution in [0.2, 0.25) is 0 Å². The van der Waals surface area contributed by atoms with Crippen LogP contribution in [-0.2, 0) is 11.8 Å². The van der Waals surface area contributed by atoms with E-state index in [0.717, 1.165) is 5.56 Å². The average molecular weight is 469 g/mol. The molecule has 0 saturated heterocycles. The molecule has 10 nitrogen and oxygen atoms in total. The maximum atomic E-state index is 12.5. The number of hydrogen-bond acceptors (Lipinski definition) is 7. The Kier molecular flexibility index (Phi) is 7.44. The van der Waals surface area contributed by atoms with E-state index >= 15 is 0 Å². The van der Waals surface area contributed by atoms with Gasteiger partial charge in [-0.05, 0) is 39.0 Å². The summed E-state index contributed by atoms with van der Waals surface area (Å²) in [7, 11) is 1.76. The Balaban J connectivity index is 1.58. The number of hydrogen-bond donors (Lipinski definition) is 2. The minimum atomic E-state index is -0.487. The van der Waals surface area contributed by atoms with E-state index in [4.69, 9.17) is 0 Å². The molecule has 0 spiro atoms. The van der Waals surface area contributed by atoms with E-state index in [-0.39, 0.29) is 23.3 Å². The van der Waals surface area contributed by atoms with Crippen molar-refractivity contribution in [2.45, 2.75) is 32.0 Å². The lowest BCUT2D eigenvalue weighted by molar-refractivity contribution is -0.385. The lowest BCUT2D eigenvalue weighted by Crippen LogP contribution is -2.28. The van der Waals surface area contributed by atoms with Crippen LogP contribution in [-0.4, -0.2) is 37.3 Å². The largest absolute Gasteiger partial charge is 0.342 e. The minimum Gasteiger partial charge on any atom is -0.342 e. The number of carbonyl (C=O) groups excluding carboxylic acids is 2. The van der Waals surface area contributed by atoms with Crippen LogP contribution in [0.15, 0.2) is 47.6 Å². The van der Waals surface area contributed by atoms with Crippen molar-refractivity contribution >= 4 is 35.0 Å². The van der Waals surface area contributed by atoms with E-state index in [1.54, 1.807) is 42.8 Å². The third-order valence-electron chi connectivity index (χ3n) is 4.94. The van der Waals surface area contributed by atoms with E-state index in [0.29, 0.717) is 27.8 Å². The summed E-state index contributed by atoms with van der Waals surface area (Å²) in [4.78, 5) is 35.4.